The fraction of sp³-hybridized carbons (Fsp3) is 0.375. The van der Waals surface area contributed by atoms with E-state index >= 15 is 0 Å². The van der Waals surface area contributed by atoms with E-state index in [1.54, 1.807) is 10.6 Å². The van der Waals surface area contributed by atoms with Crippen molar-refractivity contribution < 1.29 is 9.66 Å². The monoisotopic (exact) mass is 195 g/mol. The van der Waals surface area contributed by atoms with Crippen LogP contribution in [0.5, 0.6) is 6.01 Å². The highest BCUT2D eigenvalue weighted by molar-refractivity contribution is 5.21. The van der Waals surface area contributed by atoms with Gasteiger partial charge >= 0.3 is 11.8 Å². The summed E-state index contributed by atoms with van der Waals surface area (Å²) >= 11 is 0. The predicted molar refractivity (Wildman–Crippen MR) is 48.1 cm³/mol. The van der Waals surface area contributed by atoms with Crippen LogP contribution >= 0.6 is 0 Å². The van der Waals surface area contributed by atoms with Gasteiger partial charge in [-0.3, -0.25) is 4.57 Å². The number of imidazole rings is 1. The summed E-state index contributed by atoms with van der Waals surface area (Å²) in [6.45, 7) is 4.28. The summed E-state index contributed by atoms with van der Waals surface area (Å²) in [7, 11) is 0. The van der Waals surface area contributed by atoms with Crippen LogP contribution in [0, 0.1) is 10.1 Å². The smallest absolute Gasteiger partial charge is 0.414 e. The van der Waals surface area contributed by atoms with Crippen molar-refractivity contribution in [3.8, 4) is 6.01 Å². The van der Waals surface area contributed by atoms with Gasteiger partial charge in [-0.15, -0.1) is 0 Å². The highest BCUT2D eigenvalue weighted by Gasteiger charge is 2.26. The van der Waals surface area contributed by atoms with Gasteiger partial charge in [-0.1, -0.05) is 12.7 Å². The summed E-state index contributed by atoms with van der Waals surface area (Å²) < 4.78 is 6.98. The predicted octanol–water partition coefficient (Wildman–Crippen LogP) is 1.13. The number of fused-ring (bicyclic) bond motifs is 1. The van der Waals surface area contributed by atoms with Crippen molar-refractivity contribution in [3.63, 3.8) is 0 Å². The zero-order chi connectivity index (χ0) is 10.1. The molecule has 0 radical (unpaired) electrons. The Morgan fingerprint density at radius 2 is 2.64 bits per heavy atom. The molecule has 0 aromatic carbocycles. The van der Waals surface area contributed by atoms with Gasteiger partial charge in [0.2, 0.25) is 0 Å². The SMILES string of the molecule is C=C[C@H]1CCn2cc([N+](=O)[O-])nc2O1. The molecule has 1 aromatic rings. The Morgan fingerprint density at radius 1 is 1.86 bits per heavy atom. The van der Waals surface area contributed by atoms with Crippen LogP contribution in [0.4, 0.5) is 5.82 Å². The van der Waals surface area contributed by atoms with Gasteiger partial charge in [-0.25, -0.2) is 0 Å². The van der Waals surface area contributed by atoms with Gasteiger partial charge in [0.25, 0.3) is 0 Å². The molecular formula is C8H9N3O3. The van der Waals surface area contributed by atoms with Crippen LogP contribution in [0.25, 0.3) is 0 Å². The molecule has 1 atom stereocenters. The van der Waals surface area contributed by atoms with Crippen LogP contribution in [0.2, 0.25) is 0 Å². The standard InChI is InChI=1S/C8H9N3O3/c1-2-6-3-4-10-5-7(11(12)13)9-8(10)14-6/h2,5-6H,1,3-4H2/t6-/m0/s1. The van der Waals surface area contributed by atoms with E-state index in [-0.39, 0.29) is 11.9 Å². The second kappa shape index (κ2) is 3.13. The highest BCUT2D eigenvalue weighted by Crippen LogP contribution is 2.24. The molecule has 1 aliphatic heterocycles. The number of rotatable bonds is 2. The molecule has 0 unspecified atom stereocenters. The number of aromatic nitrogens is 2. The minimum Gasteiger partial charge on any atom is -0.438 e. The van der Waals surface area contributed by atoms with E-state index in [2.05, 4.69) is 11.6 Å². The van der Waals surface area contributed by atoms with Gasteiger partial charge in [0.1, 0.15) is 12.3 Å². The van der Waals surface area contributed by atoms with Gasteiger partial charge in [0.05, 0.1) is 0 Å². The zero-order valence-electron chi connectivity index (χ0n) is 7.42. The van der Waals surface area contributed by atoms with E-state index in [1.165, 1.54) is 6.20 Å². The minimum absolute atomic E-state index is 0.0931. The molecule has 0 spiro atoms. The van der Waals surface area contributed by atoms with Crippen LogP contribution in [0.3, 0.4) is 0 Å². The van der Waals surface area contributed by atoms with Crippen molar-refractivity contribution in [3.05, 3.63) is 29.0 Å². The lowest BCUT2D eigenvalue weighted by Crippen LogP contribution is -2.23. The van der Waals surface area contributed by atoms with Gasteiger partial charge in [-0.05, 0) is 4.92 Å². The Balaban J connectivity index is 2.29. The molecule has 14 heavy (non-hydrogen) atoms. The molecule has 6 heteroatoms. The van der Waals surface area contributed by atoms with Crippen LogP contribution < -0.4 is 4.74 Å². The first-order valence-corrected chi connectivity index (χ1v) is 4.21. The molecule has 1 aromatic heterocycles. The van der Waals surface area contributed by atoms with Crippen molar-refractivity contribution in [2.75, 3.05) is 0 Å². The van der Waals surface area contributed by atoms with Crippen LogP contribution in [0.1, 0.15) is 6.42 Å². The quantitative estimate of drug-likeness (QED) is 0.403. The number of hydrogen-bond donors (Lipinski definition) is 0. The molecule has 0 saturated carbocycles. The molecule has 2 rings (SSSR count). The summed E-state index contributed by atoms with van der Waals surface area (Å²) in [5, 5.41) is 10.4. The number of nitrogens with zero attached hydrogens (tertiary/aromatic N) is 3. The molecule has 2 heterocycles. The fourth-order valence-electron chi connectivity index (χ4n) is 1.35. The average molecular weight is 195 g/mol. The summed E-state index contributed by atoms with van der Waals surface area (Å²) in [6, 6.07) is 0.299. The number of aryl methyl sites for hydroxylation is 1. The third kappa shape index (κ3) is 1.34. The van der Waals surface area contributed by atoms with Crippen LogP contribution in [-0.2, 0) is 6.54 Å². The maximum atomic E-state index is 10.4. The Bertz CT molecular complexity index is 385. The van der Waals surface area contributed by atoms with Crippen molar-refractivity contribution >= 4 is 5.82 Å². The van der Waals surface area contributed by atoms with E-state index in [0.717, 1.165) is 6.42 Å². The van der Waals surface area contributed by atoms with Crippen LogP contribution in [-0.4, -0.2) is 20.6 Å². The maximum absolute atomic E-state index is 10.4. The topological polar surface area (TPSA) is 70.2 Å². The molecule has 0 aliphatic carbocycles. The lowest BCUT2D eigenvalue weighted by atomic mass is 10.2. The summed E-state index contributed by atoms with van der Waals surface area (Å²) in [5.41, 5.74) is 0. The van der Waals surface area contributed by atoms with Gasteiger partial charge < -0.3 is 14.9 Å². The molecule has 0 amide bonds. The van der Waals surface area contributed by atoms with E-state index in [0.29, 0.717) is 12.6 Å². The summed E-state index contributed by atoms with van der Waals surface area (Å²) in [5.74, 6) is -0.176. The molecule has 74 valence electrons. The molecule has 6 nitrogen and oxygen atoms in total. The molecule has 0 bridgehead atoms. The normalized spacial score (nSPS) is 19.6. The van der Waals surface area contributed by atoms with Gasteiger partial charge in [0, 0.05) is 17.9 Å². The lowest BCUT2D eigenvalue weighted by Gasteiger charge is -2.18. The largest absolute Gasteiger partial charge is 0.438 e. The van der Waals surface area contributed by atoms with E-state index in [1.807, 2.05) is 0 Å². The van der Waals surface area contributed by atoms with Gasteiger partial charge in [0.15, 0.2) is 0 Å². The van der Waals surface area contributed by atoms with Crippen molar-refractivity contribution in [2.24, 2.45) is 0 Å². The van der Waals surface area contributed by atoms with Crippen LogP contribution in [0.15, 0.2) is 18.9 Å². The first kappa shape index (κ1) is 8.74. The number of ether oxygens (including phenoxy) is 1. The minimum atomic E-state index is -0.530. The third-order valence-electron chi connectivity index (χ3n) is 2.09. The highest BCUT2D eigenvalue weighted by atomic mass is 16.6. The average Bonchev–Trinajstić information content (AvgIpc) is 2.59. The zero-order valence-corrected chi connectivity index (χ0v) is 7.42. The second-order valence-corrected chi connectivity index (χ2v) is 3.01. The molecule has 0 fully saturated rings. The summed E-state index contributed by atoms with van der Waals surface area (Å²) in [4.78, 5) is 13.6. The van der Waals surface area contributed by atoms with E-state index in [4.69, 9.17) is 4.74 Å². The van der Waals surface area contributed by atoms with Gasteiger partial charge in [-0.2, -0.15) is 0 Å². The number of hydrogen-bond acceptors (Lipinski definition) is 4. The molecule has 0 saturated heterocycles. The lowest BCUT2D eigenvalue weighted by molar-refractivity contribution is -0.389. The number of nitro groups is 1. The Labute approximate surface area is 80.0 Å². The van der Waals surface area contributed by atoms with Crippen molar-refractivity contribution in [2.45, 2.75) is 19.1 Å². The van der Waals surface area contributed by atoms with E-state index < -0.39 is 4.92 Å². The molecular weight excluding hydrogens is 186 g/mol. The molecule has 1 aliphatic rings. The first-order valence-electron chi connectivity index (χ1n) is 4.21. The van der Waals surface area contributed by atoms with Crippen molar-refractivity contribution in [1.29, 1.82) is 0 Å². The second-order valence-electron chi connectivity index (χ2n) is 3.01. The third-order valence-corrected chi connectivity index (χ3v) is 2.09. The van der Waals surface area contributed by atoms with Crippen molar-refractivity contribution in [1.82, 2.24) is 9.55 Å². The fourth-order valence-corrected chi connectivity index (χ4v) is 1.35. The summed E-state index contributed by atoms with van der Waals surface area (Å²) in [6.07, 6.45) is 3.73. The first-order chi connectivity index (χ1) is 6.70. The Hall–Kier alpha value is -1.85. The maximum Gasteiger partial charge on any atom is 0.414 e. The Kier molecular flexibility index (Phi) is 1.95. The Morgan fingerprint density at radius 3 is 3.29 bits per heavy atom. The molecule has 0 N–H and O–H groups in total. The van der Waals surface area contributed by atoms with E-state index in [9.17, 15) is 10.1 Å².